The van der Waals surface area contributed by atoms with Gasteiger partial charge in [0.05, 0.1) is 12.1 Å². The zero-order valence-corrected chi connectivity index (χ0v) is 13.9. The van der Waals surface area contributed by atoms with E-state index in [0.717, 1.165) is 5.69 Å². The fraction of sp³-hybridized carbons (Fsp3) is 0.571. The van der Waals surface area contributed by atoms with Gasteiger partial charge in [0.1, 0.15) is 0 Å². The average molecular weight is 337 g/mol. The fourth-order valence-corrected chi connectivity index (χ4v) is 3.95. The van der Waals surface area contributed by atoms with E-state index in [1.165, 1.54) is 16.7 Å². The second kappa shape index (κ2) is 5.88. The number of carbonyl (C=O) groups excluding carboxylic acids is 2. The number of aryl methyl sites for hydroxylation is 1. The molecule has 0 spiro atoms. The lowest BCUT2D eigenvalue weighted by molar-refractivity contribution is -0.123. The van der Waals surface area contributed by atoms with Crippen LogP contribution in [0.4, 0.5) is 4.79 Å². The molecule has 23 heavy (non-hydrogen) atoms. The molecular weight excluding hydrogens is 318 g/mol. The third-order valence-corrected chi connectivity index (χ3v) is 5.40. The Hall–Kier alpha value is -2.03. The summed E-state index contributed by atoms with van der Waals surface area (Å²) in [4.78, 5) is 41.4. The first-order valence-corrected chi connectivity index (χ1v) is 8.41. The molecule has 1 atom stereocenters. The van der Waals surface area contributed by atoms with Crippen LogP contribution in [0.25, 0.3) is 0 Å². The molecular formula is C14H19N5O3S. The summed E-state index contributed by atoms with van der Waals surface area (Å²) in [6, 6.07) is -0.708. The van der Waals surface area contributed by atoms with Gasteiger partial charge in [-0.1, -0.05) is 11.8 Å². The molecule has 3 rings (SSSR count). The lowest BCUT2D eigenvalue weighted by Crippen LogP contribution is -2.62. The maximum absolute atomic E-state index is 12.4. The number of nitrogens with zero attached hydrogens (tertiary/aromatic N) is 3. The number of urea groups is 1. The number of rotatable bonds is 3. The summed E-state index contributed by atoms with van der Waals surface area (Å²) in [5.41, 5.74) is 6.43. The van der Waals surface area contributed by atoms with Crippen molar-refractivity contribution in [3.63, 3.8) is 0 Å². The normalized spacial score (nSPS) is 20.1. The van der Waals surface area contributed by atoms with Crippen LogP contribution in [0.15, 0.2) is 9.95 Å². The smallest absolute Gasteiger partial charge is 0.314 e. The van der Waals surface area contributed by atoms with Crippen LogP contribution in [0.1, 0.15) is 23.7 Å². The third kappa shape index (κ3) is 2.92. The lowest BCUT2D eigenvalue weighted by Gasteiger charge is -2.38. The van der Waals surface area contributed by atoms with E-state index in [0.29, 0.717) is 29.6 Å². The number of amides is 3. The highest BCUT2D eigenvalue weighted by Crippen LogP contribution is 2.32. The summed E-state index contributed by atoms with van der Waals surface area (Å²) in [7, 11) is 0. The van der Waals surface area contributed by atoms with E-state index in [4.69, 9.17) is 5.73 Å². The maximum Gasteiger partial charge on any atom is 0.314 e. The number of nitrogens with one attached hydrogen (secondary N) is 1. The summed E-state index contributed by atoms with van der Waals surface area (Å²) in [5.74, 6) is 0.541. The Morgan fingerprint density at radius 1 is 1.39 bits per heavy atom. The van der Waals surface area contributed by atoms with Crippen LogP contribution in [0.3, 0.4) is 0 Å². The highest BCUT2D eigenvalue weighted by atomic mass is 32.2. The number of primary amides is 1. The Morgan fingerprint density at radius 2 is 2.09 bits per heavy atom. The molecule has 0 saturated carbocycles. The summed E-state index contributed by atoms with van der Waals surface area (Å²) in [5, 5.41) is 3.55. The second-order valence-electron chi connectivity index (χ2n) is 5.96. The van der Waals surface area contributed by atoms with E-state index in [9.17, 15) is 14.4 Å². The average Bonchev–Trinajstić information content (AvgIpc) is 2.82. The van der Waals surface area contributed by atoms with Gasteiger partial charge in [0.25, 0.3) is 5.56 Å². The van der Waals surface area contributed by atoms with Crippen LogP contribution in [-0.2, 0) is 4.79 Å². The van der Waals surface area contributed by atoms with Crippen LogP contribution in [0.5, 0.6) is 0 Å². The fourth-order valence-electron chi connectivity index (χ4n) is 2.77. The van der Waals surface area contributed by atoms with Gasteiger partial charge in [0.15, 0.2) is 5.16 Å². The molecule has 1 aromatic heterocycles. The van der Waals surface area contributed by atoms with Crippen molar-refractivity contribution in [3.05, 3.63) is 21.6 Å². The van der Waals surface area contributed by atoms with Gasteiger partial charge in [0, 0.05) is 36.5 Å². The predicted molar refractivity (Wildman–Crippen MR) is 85.4 cm³/mol. The van der Waals surface area contributed by atoms with Crippen LogP contribution < -0.4 is 16.6 Å². The van der Waals surface area contributed by atoms with E-state index in [1.807, 2.05) is 6.92 Å². The van der Waals surface area contributed by atoms with Gasteiger partial charge in [-0.15, -0.1) is 0 Å². The van der Waals surface area contributed by atoms with E-state index in [1.54, 1.807) is 11.5 Å². The number of carbonyl (C=O) groups is 2. The van der Waals surface area contributed by atoms with Crippen LogP contribution in [0.2, 0.25) is 0 Å². The molecule has 1 aromatic rings. The van der Waals surface area contributed by atoms with Crippen molar-refractivity contribution in [3.8, 4) is 0 Å². The van der Waals surface area contributed by atoms with E-state index < -0.39 is 6.03 Å². The summed E-state index contributed by atoms with van der Waals surface area (Å²) >= 11 is 1.50. The van der Waals surface area contributed by atoms with Crippen molar-refractivity contribution in [1.82, 2.24) is 19.8 Å². The van der Waals surface area contributed by atoms with E-state index in [-0.39, 0.29) is 30.0 Å². The molecule has 1 saturated heterocycles. The van der Waals surface area contributed by atoms with Crippen LogP contribution >= 0.6 is 11.8 Å². The molecule has 2 aliphatic heterocycles. The number of likely N-dealkylation sites (tertiary alicyclic amines) is 1. The standard InChI is InChI=1S/C14H19N5O3S/c1-7-8(2)16-14-19(12(7)21)10(6-23-14)3-11(20)17-9-4-18(5-9)13(15)22/h9-10H,3-6H2,1-2H3,(H2,15,22)(H,17,20). The number of hydrogen-bond acceptors (Lipinski definition) is 5. The molecule has 3 N–H and O–H groups in total. The first-order valence-electron chi connectivity index (χ1n) is 7.43. The molecule has 0 bridgehead atoms. The molecule has 0 radical (unpaired) electrons. The largest absolute Gasteiger partial charge is 0.351 e. The second-order valence-corrected chi connectivity index (χ2v) is 6.94. The zero-order chi connectivity index (χ0) is 16.7. The van der Waals surface area contributed by atoms with Gasteiger partial charge in [0.2, 0.25) is 5.91 Å². The Balaban J connectivity index is 1.63. The lowest BCUT2D eigenvalue weighted by atomic mass is 10.1. The predicted octanol–water partition coefficient (Wildman–Crippen LogP) is -0.224. The highest BCUT2D eigenvalue weighted by molar-refractivity contribution is 7.99. The van der Waals surface area contributed by atoms with Crippen LogP contribution in [-0.4, -0.2) is 51.3 Å². The maximum atomic E-state index is 12.4. The van der Waals surface area contributed by atoms with Crippen LogP contribution in [0, 0.1) is 13.8 Å². The molecule has 0 aromatic carbocycles. The minimum absolute atomic E-state index is 0.0573. The Kier molecular flexibility index (Phi) is 4.05. The number of aromatic nitrogens is 2. The Morgan fingerprint density at radius 3 is 2.74 bits per heavy atom. The SMILES string of the molecule is Cc1nc2n(c(=O)c1C)C(CC(=O)NC1CN(C(N)=O)C1)CS2. The topological polar surface area (TPSA) is 110 Å². The van der Waals surface area contributed by atoms with Gasteiger partial charge in [-0.25, -0.2) is 9.78 Å². The Labute approximate surface area is 137 Å². The van der Waals surface area contributed by atoms with Crippen molar-refractivity contribution in [2.45, 2.75) is 37.5 Å². The molecule has 124 valence electrons. The molecule has 0 aliphatic carbocycles. The van der Waals surface area contributed by atoms with Crippen molar-refractivity contribution >= 4 is 23.7 Å². The van der Waals surface area contributed by atoms with Crippen molar-refractivity contribution in [2.75, 3.05) is 18.8 Å². The molecule has 1 fully saturated rings. The van der Waals surface area contributed by atoms with Gasteiger partial charge in [-0.3, -0.25) is 14.2 Å². The molecule has 9 heteroatoms. The quantitative estimate of drug-likeness (QED) is 0.741. The summed E-state index contributed by atoms with van der Waals surface area (Å²) in [6.07, 6.45) is 0.233. The van der Waals surface area contributed by atoms with E-state index in [2.05, 4.69) is 10.3 Å². The molecule has 3 heterocycles. The number of thioether (sulfide) groups is 1. The minimum Gasteiger partial charge on any atom is -0.351 e. The zero-order valence-electron chi connectivity index (χ0n) is 13.0. The van der Waals surface area contributed by atoms with Gasteiger partial charge >= 0.3 is 6.03 Å². The molecule has 3 amide bonds. The first kappa shape index (κ1) is 15.9. The highest BCUT2D eigenvalue weighted by Gasteiger charge is 2.33. The summed E-state index contributed by atoms with van der Waals surface area (Å²) < 4.78 is 1.63. The molecule has 1 unspecified atom stereocenters. The van der Waals surface area contributed by atoms with Crippen molar-refractivity contribution in [2.24, 2.45) is 5.73 Å². The monoisotopic (exact) mass is 337 g/mol. The van der Waals surface area contributed by atoms with Gasteiger partial charge in [-0.2, -0.15) is 0 Å². The molecule has 2 aliphatic rings. The summed E-state index contributed by atoms with van der Waals surface area (Å²) in [6.45, 7) is 4.46. The third-order valence-electron chi connectivity index (χ3n) is 4.30. The number of fused-ring (bicyclic) bond motifs is 1. The van der Waals surface area contributed by atoms with Gasteiger partial charge < -0.3 is 16.0 Å². The van der Waals surface area contributed by atoms with Crippen molar-refractivity contribution in [1.29, 1.82) is 0 Å². The van der Waals surface area contributed by atoms with E-state index >= 15 is 0 Å². The number of nitrogens with two attached hydrogens (primary N) is 1. The number of hydrogen-bond donors (Lipinski definition) is 2. The molecule has 8 nitrogen and oxygen atoms in total. The minimum atomic E-state index is -0.472. The Bertz CT molecular complexity index is 726. The first-order chi connectivity index (χ1) is 10.9. The van der Waals surface area contributed by atoms with Crippen molar-refractivity contribution < 1.29 is 9.59 Å². The van der Waals surface area contributed by atoms with Gasteiger partial charge in [-0.05, 0) is 13.8 Å².